The van der Waals surface area contributed by atoms with E-state index in [0.717, 1.165) is 25.3 Å². The highest BCUT2D eigenvalue weighted by molar-refractivity contribution is 4.83. The fraction of sp³-hybridized carbons (Fsp3) is 1.00. The molecule has 0 saturated heterocycles. The van der Waals surface area contributed by atoms with Crippen molar-refractivity contribution in [3.8, 4) is 0 Å². The summed E-state index contributed by atoms with van der Waals surface area (Å²) < 4.78 is 0. The van der Waals surface area contributed by atoms with Crippen molar-refractivity contribution in [2.24, 2.45) is 5.92 Å². The van der Waals surface area contributed by atoms with Crippen molar-refractivity contribution in [2.75, 3.05) is 6.54 Å². The molecule has 0 aromatic carbocycles. The predicted molar refractivity (Wildman–Crippen MR) is 65.0 cm³/mol. The molecule has 1 aliphatic carbocycles. The minimum atomic E-state index is -0.493. The van der Waals surface area contributed by atoms with Crippen molar-refractivity contribution in [2.45, 2.75) is 70.9 Å². The average molecular weight is 213 g/mol. The highest BCUT2D eigenvalue weighted by Gasteiger charge is 2.26. The fourth-order valence-corrected chi connectivity index (χ4v) is 2.48. The molecule has 0 unspecified atom stereocenters. The van der Waals surface area contributed by atoms with E-state index in [9.17, 15) is 5.11 Å². The van der Waals surface area contributed by atoms with Crippen LogP contribution in [-0.4, -0.2) is 23.3 Å². The molecule has 0 aromatic rings. The van der Waals surface area contributed by atoms with E-state index in [2.05, 4.69) is 26.1 Å². The van der Waals surface area contributed by atoms with Crippen LogP contribution in [0, 0.1) is 5.92 Å². The van der Waals surface area contributed by atoms with Gasteiger partial charge < -0.3 is 10.4 Å². The van der Waals surface area contributed by atoms with Crippen molar-refractivity contribution in [1.82, 2.24) is 5.32 Å². The Morgan fingerprint density at radius 1 is 1.27 bits per heavy atom. The lowest BCUT2D eigenvalue weighted by Crippen LogP contribution is -2.44. The quantitative estimate of drug-likeness (QED) is 0.711. The first kappa shape index (κ1) is 13.0. The zero-order valence-electron chi connectivity index (χ0n) is 10.6. The van der Waals surface area contributed by atoms with Gasteiger partial charge >= 0.3 is 0 Å². The van der Waals surface area contributed by atoms with E-state index in [-0.39, 0.29) is 0 Å². The largest absolute Gasteiger partial charge is 0.389 e. The van der Waals surface area contributed by atoms with E-state index in [1.54, 1.807) is 0 Å². The molecule has 0 bridgehead atoms. The van der Waals surface area contributed by atoms with Gasteiger partial charge in [0, 0.05) is 12.6 Å². The average Bonchev–Trinajstić information content (AvgIpc) is 2.79. The summed E-state index contributed by atoms with van der Waals surface area (Å²) in [6.07, 6.45) is 7.20. The molecule has 0 aliphatic heterocycles. The van der Waals surface area contributed by atoms with Crippen LogP contribution in [0.1, 0.15) is 59.3 Å². The van der Waals surface area contributed by atoms with Gasteiger partial charge in [0.2, 0.25) is 0 Å². The van der Waals surface area contributed by atoms with Crippen molar-refractivity contribution >= 4 is 0 Å². The summed E-state index contributed by atoms with van der Waals surface area (Å²) in [7, 11) is 0. The van der Waals surface area contributed by atoms with E-state index in [0.29, 0.717) is 6.04 Å². The van der Waals surface area contributed by atoms with Crippen LogP contribution >= 0.6 is 0 Å². The van der Waals surface area contributed by atoms with Crippen molar-refractivity contribution in [3.05, 3.63) is 0 Å². The number of nitrogens with one attached hydrogen (secondary N) is 1. The molecule has 0 heterocycles. The molecule has 90 valence electrons. The molecule has 1 atom stereocenters. The van der Waals surface area contributed by atoms with Crippen LogP contribution in [0.3, 0.4) is 0 Å². The van der Waals surface area contributed by atoms with Gasteiger partial charge in [-0.15, -0.1) is 0 Å². The molecule has 1 aliphatic rings. The first-order chi connectivity index (χ1) is 7.11. The third-order valence-corrected chi connectivity index (χ3v) is 4.18. The molecule has 0 amide bonds. The topological polar surface area (TPSA) is 32.3 Å². The van der Waals surface area contributed by atoms with Crippen LogP contribution in [0.15, 0.2) is 0 Å². The Labute approximate surface area is 94.5 Å². The van der Waals surface area contributed by atoms with E-state index >= 15 is 0 Å². The summed E-state index contributed by atoms with van der Waals surface area (Å²) in [5.41, 5.74) is -0.493. The van der Waals surface area contributed by atoms with Gasteiger partial charge in [-0.2, -0.15) is 0 Å². The van der Waals surface area contributed by atoms with Gasteiger partial charge in [0.25, 0.3) is 0 Å². The maximum Gasteiger partial charge on any atom is 0.0766 e. The third kappa shape index (κ3) is 3.76. The number of hydrogen-bond donors (Lipinski definition) is 2. The minimum absolute atomic E-state index is 0.493. The molecule has 2 N–H and O–H groups in total. The van der Waals surface area contributed by atoms with Gasteiger partial charge in [0.05, 0.1) is 5.60 Å². The first-order valence-electron chi connectivity index (χ1n) is 6.57. The highest BCUT2D eigenvalue weighted by atomic mass is 16.3. The Morgan fingerprint density at radius 3 is 2.27 bits per heavy atom. The molecule has 0 radical (unpaired) electrons. The summed E-state index contributed by atoms with van der Waals surface area (Å²) in [4.78, 5) is 0. The number of rotatable bonds is 6. The maximum absolute atomic E-state index is 10.2. The van der Waals surface area contributed by atoms with Crippen LogP contribution in [0.5, 0.6) is 0 Å². The number of hydrogen-bond acceptors (Lipinski definition) is 2. The highest BCUT2D eigenvalue weighted by Crippen LogP contribution is 2.27. The zero-order valence-corrected chi connectivity index (χ0v) is 10.6. The van der Waals surface area contributed by atoms with Crippen LogP contribution < -0.4 is 5.32 Å². The molecule has 2 nitrogen and oxygen atoms in total. The Hall–Kier alpha value is -0.0800. The molecule has 1 saturated carbocycles. The molecule has 0 spiro atoms. The van der Waals surface area contributed by atoms with Gasteiger partial charge in [-0.25, -0.2) is 0 Å². The van der Waals surface area contributed by atoms with E-state index in [1.807, 2.05) is 0 Å². The summed E-state index contributed by atoms with van der Waals surface area (Å²) in [6, 6.07) is 0.567. The van der Waals surface area contributed by atoms with Gasteiger partial charge in [-0.3, -0.25) is 0 Å². The van der Waals surface area contributed by atoms with Crippen molar-refractivity contribution in [3.63, 3.8) is 0 Å². The molecule has 0 aromatic heterocycles. The molecule has 15 heavy (non-hydrogen) atoms. The summed E-state index contributed by atoms with van der Waals surface area (Å²) in [5.74, 6) is 0.836. The smallest absolute Gasteiger partial charge is 0.0766 e. The summed E-state index contributed by atoms with van der Waals surface area (Å²) in [6.45, 7) is 7.14. The zero-order chi connectivity index (χ0) is 11.3. The Bertz CT molecular complexity index is 171. The Morgan fingerprint density at radius 2 is 1.80 bits per heavy atom. The molecular formula is C13H27NO. The van der Waals surface area contributed by atoms with Crippen molar-refractivity contribution < 1.29 is 5.11 Å². The fourth-order valence-electron chi connectivity index (χ4n) is 2.48. The lowest BCUT2D eigenvalue weighted by atomic mass is 9.95. The molecule has 1 fully saturated rings. The normalized spacial score (nSPS) is 20.8. The second kappa shape index (κ2) is 5.86. The second-order valence-corrected chi connectivity index (χ2v) is 5.15. The lowest BCUT2D eigenvalue weighted by Gasteiger charge is -2.29. The van der Waals surface area contributed by atoms with Crippen LogP contribution in [0.25, 0.3) is 0 Å². The second-order valence-electron chi connectivity index (χ2n) is 5.15. The van der Waals surface area contributed by atoms with Gasteiger partial charge in [-0.1, -0.05) is 26.7 Å². The van der Waals surface area contributed by atoms with Gasteiger partial charge in [0.1, 0.15) is 0 Å². The minimum Gasteiger partial charge on any atom is -0.389 e. The molecule has 2 heteroatoms. The van der Waals surface area contributed by atoms with Crippen LogP contribution in [-0.2, 0) is 0 Å². The third-order valence-electron chi connectivity index (χ3n) is 4.18. The van der Waals surface area contributed by atoms with Gasteiger partial charge in [-0.05, 0) is 38.5 Å². The van der Waals surface area contributed by atoms with Gasteiger partial charge in [0.15, 0.2) is 0 Å². The maximum atomic E-state index is 10.2. The SMILES string of the molecule is CCC(O)(CC)CN[C@@H](C)C1CCCC1. The molecular weight excluding hydrogens is 186 g/mol. The van der Waals surface area contributed by atoms with Crippen molar-refractivity contribution in [1.29, 1.82) is 0 Å². The van der Waals surface area contributed by atoms with Crippen LogP contribution in [0.2, 0.25) is 0 Å². The Kier molecular flexibility index (Phi) is 5.07. The monoisotopic (exact) mass is 213 g/mol. The Balaban J connectivity index is 2.28. The molecule has 1 rings (SSSR count). The van der Waals surface area contributed by atoms with Crippen LogP contribution in [0.4, 0.5) is 0 Å². The summed E-state index contributed by atoms with van der Waals surface area (Å²) in [5, 5.41) is 13.7. The summed E-state index contributed by atoms with van der Waals surface area (Å²) >= 11 is 0. The first-order valence-corrected chi connectivity index (χ1v) is 6.57. The standard InChI is InChI=1S/C13H27NO/c1-4-13(15,5-2)10-14-11(3)12-8-6-7-9-12/h11-12,14-15H,4-10H2,1-3H3/t11-/m0/s1. The number of aliphatic hydroxyl groups is 1. The van der Waals surface area contributed by atoms with E-state index in [4.69, 9.17) is 0 Å². The predicted octanol–water partition coefficient (Wildman–Crippen LogP) is 2.71. The van der Waals surface area contributed by atoms with E-state index in [1.165, 1.54) is 25.7 Å². The van der Waals surface area contributed by atoms with E-state index < -0.39 is 5.60 Å². The lowest BCUT2D eigenvalue weighted by molar-refractivity contribution is 0.0285.